The molecule has 0 amide bonds. The lowest BCUT2D eigenvalue weighted by molar-refractivity contribution is -0.146. The minimum absolute atomic E-state index is 0.0716. The molecule has 0 radical (unpaired) electrons. The van der Waals surface area contributed by atoms with Gasteiger partial charge in [0, 0.05) is 6.04 Å². The maximum absolute atomic E-state index is 12.0. The largest absolute Gasteiger partial charge is 0.469 e. The molecule has 0 bridgehead atoms. The summed E-state index contributed by atoms with van der Waals surface area (Å²) >= 11 is 0. The van der Waals surface area contributed by atoms with Crippen molar-refractivity contribution in [3.63, 3.8) is 0 Å². The number of hydrogen-bond donors (Lipinski definition) is 1. The molecule has 1 aliphatic rings. The molecule has 1 N–H and O–H groups in total. The number of hydrogen-bond acceptors (Lipinski definition) is 3. The third-order valence-corrected chi connectivity index (χ3v) is 3.64. The van der Waals surface area contributed by atoms with Gasteiger partial charge >= 0.3 is 5.97 Å². The van der Waals surface area contributed by atoms with Crippen LogP contribution in [-0.2, 0) is 16.0 Å². The van der Waals surface area contributed by atoms with Crippen LogP contribution in [0, 0.1) is 5.92 Å². The fourth-order valence-corrected chi connectivity index (χ4v) is 2.63. The molecule has 3 nitrogen and oxygen atoms in total. The third-order valence-electron chi connectivity index (χ3n) is 3.64. The van der Waals surface area contributed by atoms with Crippen molar-refractivity contribution in [2.45, 2.75) is 31.7 Å². The molecule has 1 aliphatic heterocycles. The van der Waals surface area contributed by atoms with E-state index in [4.69, 9.17) is 4.74 Å². The highest BCUT2D eigenvalue weighted by molar-refractivity contribution is 5.73. The van der Waals surface area contributed by atoms with Crippen LogP contribution in [-0.4, -0.2) is 25.7 Å². The summed E-state index contributed by atoms with van der Waals surface area (Å²) in [4.78, 5) is 12.0. The van der Waals surface area contributed by atoms with Gasteiger partial charge in [-0.15, -0.1) is 0 Å². The highest BCUT2D eigenvalue weighted by Crippen LogP contribution is 2.20. The molecule has 1 aromatic carbocycles. The molecule has 0 aromatic heterocycles. The number of benzene rings is 1. The lowest BCUT2D eigenvalue weighted by Gasteiger charge is -2.29. The third kappa shape index (κ3) is 3.33. The minimum Gasteiger partial charge on any atom is -0.469 e. The molecular weight excluding hydrogens is 226 g/mol. The van der Waals surface area contributed by atoms with Crippen molar-refractivity contribution in [2.75, 3.05) is 13.7 Å². The Balaban J connectivity index is 2.07. The summed E-state index contributed by atoms with van der Waals surface area (Å²) in [5.41, 5.74) is 1.19. The van der Waals surface area contributed by atoms with Crippen LogP contribution in [0.25, 0.3) is 0 Å². The molecule has 18 heavy (non-hydrogen) atoms. The van der Waals surface area contributed by atoms with Crippen molar-refractivity contribution < 1.29 is 9.53 Å². The number of piperidine rings is 1. The number of rotatable bonds is 4. The molecular formula is C15H21NO2. The first-order valence-electron chi connectivity index (χ1n) is 6.66. The Morgan fingerprint density at radius 3 is 2.78 bits per heavy atom. The predicted molar refractivity (Wildman–Crippen MR) is 71.3 cm³/mol. The van der Waals surface area contributed by atoms with Gasteiger partial charge in [0.1, 0.15) is 0 Å². The summed E-state index contributed by atoms with van der Waals surface area (Å²) in [7, 11) is 1.48. The second-order valence-corrected chi connectivity index (χ2v) is 4.88. The van der Waals surface area contributed by atoms with E-state index in [0.717, 1.165) is 19.4 Å². The topological polar surface area (TPSA) is 38.3 Å². The Morgan fingerprint density at radius 1 is 1.39 bits per heavy atom. The highest BCUT2D eigenvalue weighted by atomic mass is 16.5. The molecule has 2 rings (SSSR count). The standard InChI is InChI=1S/C15H21NO2/c1-18-15(17)13(14-9-5-6-10-16-14)11-12-7-3-2-4-8-12/h2-4,7-8,13-14,16H,5-6,9-11H2,1H3/t13?,14-/m0/s1. The second kappa shape index (κ2) is 6.55. The number of ether oxygens (including phenoxy) is 1. The summed E-state index contributed by atoms with van der Waals surface area (Å²) in [5, 5.41) is 3.45. The first-order chi connectivity index (χ1) is 8.81. The maximum atomic E-state index is 12.0. The van der Waals surface area contributed by atoms with Crippen LogP contribution < -0.4 is 5.32 Å². The molecule has 98 valence electrons. The highest BCUT2D eigenvalue weighted by Gasteiger charge is 2.30. The molecule has 0 spiro atoms. The van der Waals surface area contributed by atoms with E-state index in [0.29, 0.717) is 0 Å². The van der Waals surface area contributed by atoms with Crippen LogP contribution in [0.5, 0.6) is 0 Å². The SMILES string of the molecule is COC(=O)C(Cc1ccccc1)[C@@H]1CCCCN1. The van der Waals surface area contributed by atoms with E-state index in [1.807, 2.05) is 18.2 Å². The first kappa shape index (κ1) is 13.1. The molecule has 0 aliphatic carbocycles. The Kier molecular flexibility index (Phi) is 4.76. The smallest absolute Gasteiger partial charge is 0.310 e. The number of carbonyl (C=O) groups is 1. The lowest BCUT2D eigenvalue weighted by atomic mass is 9.87. The van der Waals surface area contributed by atoms with E-state index < -0.39 is 0 Å². The van der Waals surface area contributed by atoms with E-state index in [-0.39, 0.29) is 17.9 Å². The molecule has 1 unspecified atom stereocenters. The van der Waals surface area contributed by atoms with Crippen molar-refractivity contribution >= 4 is 5.97 Å². The van der Waals surface area contributed by atoms with Crippen LogP contribution in [0.15, 0.2) is 30.3 Å². The minimum atomic E-state index is -0.0988. The van der Waals surface area contributed by atoms with Gasteiger partial charge in [0.15, 0.2) is 0 Å². The Hall–Kier alpha value is -1.35. The van der Waals surface area contributed by atoms with Gasteiger partial charge < -0.3 is 10.1 Å². The first-order valence-corrected chi connectivity index (χ1v) is 6.66. The molecule has 1 heterocycles. The van der Waals surface area contributed by atoms with Crippen LogP contribution in [0.4, 0.5) is 0 Å². The van der Waals surface area contributed by atoms with E-state index in [2.05, 4.69) is 17.4 Å². The van der Waals surface area contributed by atoms with Crippen molar-refractivity contribution in [2.24, 2.45) is 5.92 Å². The van der Waals surface area contributed by atoms with Crippen molar-refractivity contribution in [1.29, 1.82) is 0 Å². The zero-order valence-corrected chi connectivity index (χ0v) is 10.9. The average Bonchev–Trinajstić information content (AvgIpc) is 2.46. The van der Waals surface area contributed by atoms with Gasteiger partial charge in [0.2, 0.25) is 0 Å². The Morgan fingerprint density at radius 2 is 2.17 bits per heavy atom. The maximum Gasteiger partial charge on any atom is 0.310 e. The Labute approximate surface area is 109 Å². The summed E-state index contributed by atoms with van der Waals surface area (Å²) in [5.74, 6) is -0.170. The molecule has 3 heteroatoms. The van der Waals surface area contributed by atoms with Gasteiger partial charge in [0.05, 0.1) is 13.0 Å². The van der Waals surface area contributed by atoms with Crippen LogP contribution in [0.3, 0.4) is 0 Å². The zero-order valence-electron chi connectivity index (χ0n) is 10.9. The van der Waals surface area contributed by atoms with Crippen LogP contribution >= 0.6 is 0 Å². The van der Waals surface area contributed by atoms with Crippen molar-refractivity contribution in [3.05, 3.63) is 35.9 Å². The fourth-order valence-electron chi connectivity index (χ4n) is 2.63. The molecule has 2 atom stereocenters. The van der Waals surface area contributed by atoms with Crippen LogP contribution in [0.1, 0.15) is 24.8 Å². The average molecular weight is 247 g/mol. The van der Waals surface area contributed by atoms with Gasteiger partial charge in [-0.1, -0.05) is 36.8 Å². The van der Waals surface area contributed by atoms with Gasteiger partial charge in [-0.05, 0) is 31.4 Å². The zero-order chi connectivity index (χ0) is 12.8. The van der Waals surface area contributed by atoms with E-state index in [1.165, 1.54) is 25.5 Å². The van der Waals surface area contributed by atoms with Crippen LogP contribution in [0.2, 0.25) is 0 Å². The number of esters is 1. The molecule has 1 saturated heterocycles. The lowest BCUT2D eigenvalue weighted by Crippen LogP contribution is -2.44. The van der Waals surface area contributed by atoms with E-state index in [9.17, 15) is 4.79 Å². The predicted octanol–water partition coefficient (Wildman–Crippen LogP) is 2.16. The fraction of sp³-hybridized carbons (Fsp3) is 0.533. The van der Waals surface area contributed by atoms with Crippen molar-refractivity contribution in [1.82, 2.24) is 5.32 Å². The molecule has 1 fully saturated rings. The quantitative estimate of drug-likeness (QED) is 0.829. The number of carbonyl (C=O) groups excluding carboxylic acids is 1. The second-order valence-electron chi connectivity index (χ2n) is 4.88. The van der Waals surface area contributed by atoms with E-state index in [1.54, 1.807) is 0 Å². The summed E-state index contributed by atoms with van der Waals surface area (Å²) in [6.07, 6.45) is 4.22. The van der Waals surface area contributed by atoms with Gasteiger partial charge in [-0.2, -0.15) is 0 Å². The molecule has 1 aromatic rings. The summed E-state index contributed by atoms with van der Waals surface area (Å²) < 4.78 is 4.96. The summed E-state index contributed by atoms with van der Waals surface area (Å²) in [6, 6.07) is 10.4. The van der Waals surface area contributed by atoms with Gasteiger partial charge in [-0.25, -0.2) is 0 Å². The van der Waals surface area contributed by atoms with E-state index >= 15 is 0 Å². The summed E-state index contributed by atoms with van der Waals surface area (Å²) in [6.45, 7) is 1.01. The molecule has 0 saturated carbocycles. The number of nitrogens with one attached hydrogen (secondary N) is 1. The van der Waals surface area contributed by atoms with Gasteiger partial charge in [0.25, 0.3) is 0 Å². The Bertz CT molecular complexity index is 371. The monoisotopic (exact) mass is 247 g/mol. The normalized spacial score (nSPS) is 21.3. The number of methoxy groups -OCH3 is 1. The van der Waals surface area contributed by atoms with Gasteiger partial charge in [-0.3, -0.25) is 4.79 Å². The van der Waals surface area contributed by atoms with Crippen molar-refractivity contribution in [3.8, 4) is 0 Å².